The molecule has 1 aliphatic carbocycles. The van der Waals surface area contributed by atoms with Crippen LogP contribution in [0.25, 0.3) is 0 Å². The third-order valence-electron chi connectivity index (χ3n) is 3.09. The van der Waals surface area contributed by atoms with Gasteiger partial charge in [-0.05, 0) is 40.9 Å². The van der Waals surface area contributed by atoms with Gasteiger partial charge >= 0.3 is 0 Å². The molecule has 0 atom stereocenters. The van der Waals surface area contributed by atoms with Crippen molar-refractivity contribution in [1.82, 2.24) is 5.32 Å². The molecule has 1 aromatic heterocycles. The van der Waals surface area contributed by atoms with Crippen molar-refractivity contribution in [3.8, 4) is 0 Å². The van der Waals surface area contributed by atoms with Gasteiger partial charge in [0.25, 0.3) is 5.91 Å². The maximum absolute atomic E-state index is 11.6. The summed E-state index contributed by atoms with van der Waals surface area (Å²) in [7, 11) is 0. The highest BCUT2D eigenvalue weighted by Gasteiger charge is 2.14. The van der Waals surface area contributed by atoms with E-state index in [1.807, 2.05) is 0 Å². The summed E-state index contributed by atoms with van der Waals surface area (Å²) in [5.74, 6) is 0.118. The Balaban J connectivity index is 1.61. The molecule has 2 rings (SSSR count). The summed E-state index contributed by atoms with van der Waals surface area (Å²) in [6.45, 7) is 1.09. The Hall–Kier alpha value is -0.810. The van der Waals surface area contributed by atoms with Gasteiger partial charge in [0.2, 0.25) is 0 Å². The Morgan fingerprint density at radius 1 is 1.39 bits per heavy atom. The number of carbonyl (C=O) groups excluding carboxylic acids is 1. The number of furan rings is 1. The van der Waals surface area contributed by atoms with E-state index in [-0.39, 0.29) is 5.91 Å². The van der Waals surface area contributed by atoms with Gasteiger partial charge in [-0.1, -0.05) is 19.3 Å². The lowest BCUT2D eigenvalue weighted by Crippen LogP contribution is -2.29. The molecule has 1 aromatic rings. The van der Waals surface area contributed by atoms with Gasteiger partial charge in [-0.3, -0.25) is 4.79 Å². The summed E-state index contributed by atoms with van der Waals surface area (Å²) in [6.07, 6.45) is 6.53. The van der Waals surface area contributed by atoms with E-state index < -0.39 is 0 Å². The van der Waals surface area contributed by atoms with E-state index in [0.29, 0.717) is 29.7 Å². The number of amides is 1. The molecule has 100 valence electrons. The van der Waals surface area contributed by atoms with Crippen LogP contribution >= 0.6 is 15.9 Å². The second-order valence-corrected chi connectivity index (χ2v) is 5.27. The first-order valence-electron chi connectivity index (χ1n) is 6.41. The zero-order valence-electron chi connectivity index (χ0n) is 10.3. The lowest BCUT2D eigenvalue weighted by molar-refractivity contribution is 0.0298. The van der Waals surface area contributed by atoms with Crippen molar-refractivity contribution in [3.63, 3.8) is 0 Å². The average molecular weight is 316 g/mol. The molecule has 1 amide bonds. The fraction of sp³-hybridized carbons (Fsp3) is 0.615. The normalized spacial score (nSPS) is 16.7. The largest absolute Gasteiger partial charge is 0.444 e. The minimum absolute atomic E-state index is 0.201. The predicted molar refractivity (Wildman–Crippen MR) is 71.6 cm³/mol. The Labute approximate surface area is 115 Å². The maximum atomic E-state index is 11.6. The molecule has 0 bridgehead atoms. The Bertz CT molecular complexity index is 385. The van der Waals surface area contributed by atoms with Crippen molar-refractivity contribution < 1.29 is 13.9 Å². The van der Waals surface area contributed by atoms with E-state index in [1.54, 1.807) is 12.1 Å². The average Bonchev–Trinajstić information content (AvgIpc) is 2.82. The summed E-state index contributed by atoms with van der Waals surface area (Å²) >= 11 is 3.16. The topological polar surface area (TPSA) is 51.5 Å². The molecule has 18 heavy (non-hydrogen) atoms. The molecule has 1 N–H and O–H groups in total. The van der Waals surface area contributed by atoms with E-state index >= 15 is 0 Å². The molecule has 0 aromatic carbocycles. The first kappa shape index (κ1) is 13.6. The van der Waals surface area contributed by atoms with Crippen molar-refractivity contribution in [2.75, 3.05) is 13.2 Å². The van der Waals surface area contributed by atoms with Crippen molar-refractivity contribution in [2.45, 2.75) is 38.2 Å². The lowest BCUT2D eigenvalue weighted by Gasteiger charge is -2.21. The number of nitrogens with one attached hydrogen (secondary N) is 1. The van der Waals surface area contributed by atoms with Crippen molar-refractivity contribution in [3.05, 3.63) is 22.6 Å². The zero-order valence-corrected chi connectivity index (χ0v) is 11.9. The van der Waals surface area contributed by atoms with E-state index in [9.17, 15) is 4.79 Å². The smallest absolute Gasteiger partial charge is 0.287 e. The van der Waals surface area contributed by atoms with E-state index in [0.717, 1.165) is 12.8 Å². The first-order chi connectivity index (χ1) is 8.75. The Morgan fingerprint density at radius 3 is 2.83 bits per heavy atom. The standard InChI is InChI=1S/C13H18BrNO3/c14-12-7-6-11(18-12)13(16)15-8-9-17-10-4-2-1-3-5-10/h6-7,10H,1-5,8-9H2,(H,15,16). The van der Waals surface area contributed by atoms with Crippen molar-refractivity contribution in [2.24, 2.45) is 0 Å². The van der Waals surface area contributed by atoms with Crippen LogP contribution in [0.5, 0.6) is 0 Å². The first-order valence-corrected chi connectivity index (χ1v) is 7.20. The molecule has 4 nitrogen and oxygen atoms in total. The zero-order chi connectivity index (χ0) is 12.8. The summed E-state index contributed by atoms with van der Waals surface area (Å²) in [5.41, 5.74) is 0. The summed E-state index contributed by atoms with van der Waals surface area (Å²) in [4.78, 5) is 11.6. The Kier molecular flexibility index (Phi) is 5.26. The molecule has 1 fully saturated rings. The molecule has 0 saturated heterocycles. The lowest BCUT2D eigenvalue weighted by atomic mass is 9.98. The van der Waals surface area contributed by atoms with Gasteiger partial charge in [0.15, 0.2) is 10.4 Å². The molecule has 5 heteroatoms. The quantitative estimate of drug-likeness (QED) is 0.849. The van der Waals surface area contributed by atoms with Crippen LogP contribution in [-0.2, 0) is 4.74 Å². The highest BCUT2D eigenvalue weighted by Crippen LogP contribution is 2.19. The number of rotatable bonds is 5. The molecule has 1 heterocycles. The van der Waals surface area contributed by atoms with Crippen molar-refractivity contribution >= 4 is 21.8 Å². The number of carbonyl (C=O) groups is 1. The number of halogens is 1. The van der Waals surface area contributed by atoms with Crippen LogP contribution in [0.2, 0.25) is 0 Å². The third kappa shape index (κ3) is 4.14. The second kappa shape index (κ2) is 6.95. The molecule has 0 aliphatic heterocycles. The minimum Gasteiger partial charge on any atom is -0.444 e. The van der Waals surface area contributed by atoms with Crippen LogP contribution in [0.3, 0.4) is 0 Å². The van der Waals surface area contributed by atoms with Crippen LogP contribution in [-0.4, -0.2) is 25.2 Å². The fourth-order valence-corrected chi connectivity index (χ4v) is 2.45. The highest BCUT2D eigenvalue weighted by atomic mass is 79.9. The maximum Gasteiger partial charge on any atom is 0.287 e. The van der Waals surface area contributed by atoms with E-state index in [1.165, 1.54) is 19.3 Å². The van der Waals surface area contributed by atoms with Crippen LogP contribution < -0.4 is 5.32 Å². The van der Waals surface area contributed by atoms with Crippen LogP contribution in [0.1, 0.15) is 42.7 Å². The molecule has 0 radical (unpaired) electrons. The molecule has 0 spiro atoms. The predicted octanol–water partition coefficient (Wildman–Crippen LogP) is 3.12. The highest BCUT2D eigenvalue weighted by molar-refractivity contribution is 9.10. The van der Waals surface area contributed by atoms with Crippen LogP contribution in [0.15, 0.2) is 21.2 Å². The number of hydrogen-bond donors (Lipinski definition) is 1. The Morgan fingerprint density at radius 2 is 2.17 bits per heavy atom. The van der Waals surface area contributed by atoms with Gasteiger partial charge in [0.1, 0.15) is 0 Å². The van der Waals surface area contributed by atoms with Gasteiger partial charge in [-0.15, -0.1) is 0 Å². The van der Waals surface area contributed by atoms with Gasteiger partial charge in [0, 0.05) is 6.54 Å². The molecule has 0 unspecified atom stereocenters. The SMILES string of the molecule is O=C(NCCOC1CCCCC1)c1ccc(Br)o1. The molecular formula is C13H18BrNO3. The van der Waals surface area contributed by atoms with E-state index in [4.69, 9.17) is 9.15 Å². The van der Waals surface area contributed by atoms with Crippen LogP contribution in [0, 0.1) is 0 Å². The molecular weight excluding hydrogens is 298 g/mol. The summed E-state index contributed by atoms with van der Waals surface area (Å²) in [5, 5.41) is 2.77. The summed E-state index contributed by atoms with van der Waals surface area (Å²) < 4.78 is 11.4. The summed E-state index contributed by atoms with van der Waals surface area (Å²) in [6, 6.07) is 3.34. The molecule has 1 aliphatic rings. The van der Waals surface area contributed by atoms with Gasteiger partial charge in [-0.25, -0.2) is 0 Å². The van der Waals surface area contributed by atoms with Gasteiger partial charge < -0.3 is 14.5 Å². The van der Waals surface area contributed by atoms with Gasteiger partial charge in [-0.2, -0.15) is 0 Å². The van der Waals surface area contributed by atoms with E-state index in [2.05, 4.69) is 21.2 Å². The number of ether oxygens (including phenoxy) is 1. The second-order valence-electron chi connectivity index (χ2n) is 4.49. The van der Waals surface area contributed by atoms with Gasteiger partial charge in [0.05, 0.1) is 12.7 Å². The third-order valence-corrected chi connectivity index (χ3v) is 3.52. The number of hydrogen-bond acceptors (Lipinski definition) is 3. The monoisotopic (exact) mass is 315 g/mol. The molecule has 1 saturated carbocycles. The fourth-order valence-electron chi connectivity index (χ4n) is 2.15. The van der Waals surface area contributed by atoms with Crippen LogP contribution in [0.4, 0.5) is 0 Å². The minimum atomic E-state index is -0.201. The van der Waals surface area contributed by atoms with Crippen molar-refractivity contribution in [1.29, 1.82) is 0 Å².